The third-order valence-electron chi connectivity index (χ3n) is 1.25. The van der Waals surface area contributed by atoms with Crippen LogP contribution in [-0.2, 0) is 4.79 Å². The highest BCUT2D eigenvalue weighted by atomic mass is 16.1. The van der Waals surface area contributed by atoms with Crippen LogP contribution < -0.4 is 5.73 Å². The Morgan fingerprint density at radius 3 is 1.22 bits per heavy atom. The Morgan fingerprint density at radius 1 is 1.00 bits per heavy atom. The Bertz CT molecular complexity index is 43.3. The van der Waals surface area contributed by atoms with Crippen molar-refractivity contribution >= 4 is 6.41 Å². The summed E-state index contributed by atoms with van der Waals surface area (Å²) in [6.07, 6.45) is 7.75. The van der Waals surface area contributed by atoms with Crippen molar-refractivity contribution in [1.82, 2.24) is 0 Å². The van der Waals surface area contributed by atoms with Gasteiger partial charge in [-0.3, -0.25) is 4.79 Å². The number of carbonyl (C=O) groups is 1. The molecule has 1 amide bonds. The lowest BCUT2D eigenvalue weighted by Gasteiger charge is -1.67. The van der Waals surface area contributed by atoms with Crippen molar-refractivity contribution in [3.05, 3.63) is 0 Å². The van der Waals surface area contributed by atoms with E-state index in [9.17, 15) is 0 Å². The van der Waals surface area contributed by atoms with E-state index in [-0.39, 0.29) is 13.8 Å². The molecule has 0 radical (unpaired) electrons. The highest BCUT2D eigenvalue weighted by Gasteiger charge is 1.95. The Labute approximate surface area is 57.4 Å². The molecule has 0 aromatic rings. The van der Waals surface area contributed by atoms with Crippen LogP contribution in [0.1, 0.15) is 39.5 Å². The fraction of sp³-hybridized carbons (Fsp3) is 0.857. The summed E-state index contributed by atoms with van der Waals surface area (Å²) in [4.78, 5) is 8.58. The Balaban J connectivity index is 0. The SMILES string of the molecule is C.C1CCCC1.NC=O. The van der Waals surface area contributed by atoms with Gasteiger partial charge in [0.15, 0.2) is 0 Å². The number of nitrogens with two attached hydrogens (primary N) is 1. The summed E-state index contributed by atoms with van der Waals surface area (Å²) in [7, 11) is 0. The van der Waals surface area contributed by atoms with Crippen LogP contribution in [-0.4, -0.2) is 6.41 Å². The Kier molecular flexibility index (Phi) is 13.1. The molecule has 0 bridgehead atoms. The fourth-order valence-corrected chi connectivity index (χ4v) is 0.884. The molecule has 0 aromatic carbocycles. The van der Waals surface area contributed by atoms with Crippen LogP contribution in [0.15, 0.2) is 0 Å². The summed E-state index contributed by atoms with van der Waals surface area (Å²) >= 11 is 0. The summed E-state index contributed by atoms with van der Waals surface area (Å²) in [5.41, 5.74) is 4.17. The van der Waals surface area contributed by atoms with Gasteiger partial charge >= 0.3 is 0 Å². The lowest BCUT2D eigenvalue weighted by atomic mass is 10.4. The van der Waals surface area contributed by atoms with Gasteiger partial charge in [0, 0.05) is 0 Å². The molecule has 1 saturated carbocycles. The van der Waals surface area contributed by atoms with Crippen molar-refractivity contribution in [2.24, 2.45) is 5.73 Å². The van der Waals surface area contributed by atoms with Crippen molar-refractivity contribution in [2.75, 3.05) is 0 Å². The number of carbonyl (C=O) groups excluding carboxylic acids is 1. The largest absolute Gasteiger partial charge is 0.372 e. The third kappa shape index (κ3) is 11.2. The first-order valence-electron chi connectivity index (χ1n) is 3.07. The van der Waals surface area contributed by atoms with E-state index >= 15 is 0 Å². The Morgan fingerprint density at radius 2 is 1.11 bits per heavy atom. The second-order valence-electron chi connectivity index (χ2n) is 1.90. The van der Waals surface area contributed by atoms with Crippen molar-refractivity contribution in [2.45, 2.75) is 39.5 Å². The van der Waals surface area contributed by atoms with Gasteiger partial charge in [-0.1, -0.05) is 39.5 Å². The number of amides is 1. The van der Waals surface area contributed by atoms with E-state index in [1.165, 1.54) is 32.1 Å². The van der Waals surface area contributed by atoms with E-state index in [1.54, 1.807) is 0 Å². The van der Waals surface area contributed by atoms with E-state index in [4.69, 9.17) is 4.79 Å². The number of hydrogen-bond acceptors (Lipinski definition) is 1. The average Bonchev–Trinajstić information content (AvgIpc) is 2.17. The summed E-state index contributed by atoms with van der Waals surface area (Å²) in [6.45, 7) is 0. The minimum absolute atomic E-state index is 0. The molecule has 2 heteroatoms. The van der Waals surface area contributed by atoms with Gasteiger partial charge in [0.25, 0.3) is 0 Å². The molecule has 2 N–H and O–H groups in total. The molecular weight excluding hydrogens is 114 g/mol. The van der Waals surface area contributed by atoms with Crippen molar-refractivity contribution < 1.29 is 4.79 Å². The molecule has 0 aliphatic heterocycles. The van der Waals surface area contributed by atoms with Crippen LogP contribution in [0.4, 0.5) is 0 Å². The predicted molar refractivity (Wildman–Crippen MR) is 40.1 cm³/mol. The first kappa shape index (κ1) is 11.3. The van der Waals surface area contributed by atoms with E-state index in [0.29, 0.717) is 0 Å². The number of rotatable bonds is 0. The zero-order valence-electron chi connectivity index (χ0n) is 5.10. The summed E-state index contributed by atoms with van der Waals surface area (Å²) in [6, 6.07) is 0. The molecule has 1 rings (SSSR count). The van der Waals surface area contributed by atoms with Crippen LogP contribution in [0.5, 0.6) is 0 Å². The van der Waals surface area contributed by atoms with Crippen molar-refractivity contribution in [3.8, 4) is 0 Å². The first-order valence-corrected chi connectivity index (χ1v) is 3.07. The van der Waals surface area contributed by atoms with Gasteiger partial charge in [-0.05, 0) is 0 Å². The maximum Gasteiger partial charge on any atom is 0.204 e. The second-order valence-corrected chi connectivity index (χ2v) is 1.90. The topological polar surface area (TPSA) is 43.1 Å². The van der Waals surface area contributed by atoms with Gasteiger partial charge in [-0.25, -0.2) is 0 Å². The van der Waals surface area contributed by atoms with E-state index in [1.807, 2.05) is 0 Å². The van der Waals surface area contributed by atoms with Crippen LogP contribution in [0.3, 0.4) is 0 Å². The van der Waals surface area contributed by atoms with Crippen LogP contribution in [0.25, 0.3) is 0 Å². The van der Waals surface area contributed by atoms with Crippen molar-refractivity contribution in [3.63, 3.8) is 0 Å². The maximum absolute atomic E-state index is 8.58. The predicted octanol–water partition coefficient (Wildman–Crippen LogP) is 1.69. The van der Waals surface area contributed by atoms with Crippen LogP contribution >= 0.6 is 0 Å². The third-order valence-corrected chi connectivity index (χ3v) is 1.25. The molecule has 1 aliphatic rings. The summed E-state index contributed by atoms with van der Waals surface area (Å²) in [5, 5.41) is 0. The monoisotopic (exact) mass is 131 g/mol. The highest BCUT2D eigenvalue weighted by molar-refractivity contribution is 5.42. The molecule has 56 valence electrons. The zero-order chi connectivity index (χ0) is 6.24. The van der Waals surface area contributed by atoms with Gasteiger partial charge in [0.1, 0.15) is 0 Å². The maximum atomic E-state index is 8.58. The summed E-state index contributed by atoms with van der Waals surface area (Å²) < 4.78 is 0. The molecule has 0 saturated heterocycles. The number of hydrogen-bond donors (Lipinski definition) is 1. The standard InChI is InChI=1S/C5H10.CH3NO.CH4/c1-2-4-5-3-1;2-1-3;/h1-5H2;1H,(H2,2,3);1H4. The zero-order valence-corrected chi connectivity index (χ0v) is 5.10. The molecule has 1 fully saturated rings. The van der Waals surface area contributed by atoms with E-state index in [2.05, 4.69) is 5.73 Å². The van der Waals surface area contributed by atoms with Gasteiger partial charge in [0.05, 0.1) is 0 Å². The molecule has 1 aliphatic carbocycles. The molecule has 0 atom stereocenters. The molecule has 0 spiro atoms. The van der Waals surface area contributed by atoms with Gasteiger partial charge < -0.3 is 5.73 Å². The van der Waals surface area contributed by atoms with Crippen molar-refractivity contribution in [1.29, 1.82) is 0 Å². The minimum Gasteiger partial charge on any atom is -0.372 e. The lowest BCUT2D eigenvalue weighted by molar-refractivity contribution is -0.106. The van der Waals surface area contributed by atoms with Gasteiger partial charge in [-0.15, -0.1) is 0 Å². The van der Waals surface area contributed by atoms with Gasteiger partial charge in [0.2, 0.25) is 6.41 Å². The molecule has 9 heavy (non-hydrogen) atoms. The molecule has 0 heterocycles. The quantitative estimate of drug-likeness (QED) is 0.499. The van der Waals surface area contributed by atoms with Crippen LogP contribution in [0.2, 0.25) is 0 Å². The van der Waals surface area contributed by atoms with Gasteiger partial charge in [-0.2, -0.15) is 0 Å². The highest BCUT2D eigenvalue weighted by Crippen LogP contribution is 2.15. The average molecular weight is 131 g/mol. The number of primary amides is 1. The first-order chi connectivity index (χ1) is 3.91. The van der Waals surface area contributed by atoms with E-state index < -0.39 is 0 Å². The van der Waals surface area contributed by atoms with E-state index in [0.717, 1.165) is 0 Å². The molecule has 0 unspecified atom stereocenters. The summed E-state index contributed by atoms with van der Waals surface area (Å²) in [5.74, 6) is 0. The fourth-order valence-electron chi connectivity index (χ4n) is 0.884. The van der Waals surface area contributed by atoms with Crippen LogP contribution in [0, 0.1) is 0 Å². The molecule has 2 nitrogen and oxygen atoms in total. The molecule has 0 aromatic heterocycles. The minimum atomic E-state index is 0. The normalized spacial score (nSPS) is 14.7. The Hall–Kier alpha value is -0.530. The smallest absolute Gasteiger partial charge is 0.204 e. The molecular formula is C7H17NO. The lowest BCUT2D eigenvalue weighted by Crippen LogP contribution is -1.82. The second kappa shape index (κ2) is 10.5.